The fourth-order valence-corrected chi connectivity index (χ4v) is 0. The van der Waals surface area contributed by atoms with E-state index in [2.05, 4.69) is 5.39 Å². The predicted molar refractivity (Wildman–Crippen MR) is 17.8 cm³/mol. The van der Waals surface area contributed by atoms with Gasteiger partial charge in [-0.2, -0.15) is 0 Å². The molecule has 0 spiro atoms. The van der Waals surface area contributed by atoms with Gasteiger partial charge in [-0.1, -0.05) is 0 Å². The van der Waals surface area contributed by atoms with Crippen LogP contribution in [0.4, 0.5) is 0 Å². The van der Waals surface area contributed by atoms with E-state index in [1.807, 2.05) is 0 Å². The second kappa shape index (κ2) is 2.32. The Kier molecular flexibility index (Phi) is 2.35. The molecule has 1 nitrogen and oxygen atoms in total. The molecule has 0 saturated heterocycles. The summed E-state index contributed by atoms with van der Waals surface area (Å²) in [6, 6.07) is 0. The van der Waals surface area contributed by atoms with Gasteiger partial charge in [0, 0.05) is 0 Å². The van der Waals surface area contributed by atoms with Gasteiger partial charge >= 0.3 is 36.5 Å². The van der Waals surface area contributed by atoms with Gasteiger partial charge in [-0.25, -0.2) is 0 Å². The fraction of sp³-hybridized carbons (Fsp3) is 0.333. The van der Waals surface area contributed by atoms with Crippen molar-refractivity contribution in [2.75, 3.05) is 0 Å². The molecular weight excluding hydrogens is 104 g/mol. The molecule has 29 valence electrons. The summed E-state index contributed by atoms with van der Waals surface area (Å²) < 4.78 is 0.206. The molecular formula is C3H5CrO. The first-order valence-corrected chi connectivity index (χ1v) is 2.74. The molecule has 0 aliphatic carbocycles. The van der Waals surface area contributed by atoms with Crippen molar-refractivity contribution >= 4 is 10.0 Å². The Hall–Kier alpha value is 0.0725. The zero-order valence-corrected chi connectivity index (χ0v) is 4.30. The third kappa shape index (κ3) is 4.07. The van der Waals surface area contributed by atoms with Gasteiger partial charge in [0.2, 0.25) is 0 Å². The number of carbonyl (C=O) groups excluding carboxylic acids is 1. The van der Waals surface area contributed by atoms with E-state index in [9.17, 15) is 4.79 Å². The summed E-state index contributed by atoms with van der Waals surface area (Å²) in [7, 11) is 0. The third-order valence-electron chi connectivity index (χ3n) is 0.203. The van der Waals surface area contributed by atoms with Gasteiger partial charge in [0.15, 0.2) is 0 Å². The standard InChI is InChI=1S/C2H3O.CH2.Cr/c1-2-3;;/h1H3;1H2;. The van der Waals surface area contributed by atoms with Crippen molar-refractivity contribution in [1.29, 1.82) is 0 Å². The maximum absolute atomic E-state index is 9.78. The normalized spacial score (nSPS) is 6.60. The van der Waals surface area contributed by atoms with Crippen LogP contribution in [-0.4, -0.2) is 10.0 Å². The first-order chi connectivity index (χ1) is 2.27. The van der Waals surface area contributed by atoms with Crippen LogP contribution >= 0.6 is 0 Å². The van der Waals surface area contributed by atoms with Crippen LogP contribution in [0.2, 0.25) is 0 Å². The summed E-state index contributed by atoms with van der Waals surface area (Å²) >= 11 is -0.0139. The van der Waals surface area contributed by atoms with Crippen molar-refractivity contribution in [3.63, 3.8) is 0 Å². The molecule has 2 heteroatoms. The average Bonchev–Trinajstić information content (AvgIpc) is 1.38. The Balaban J connectivity index is 3.20. The molecule has 0 amide bonds. The Bertz CT molecular complexity index is 57.9. The molecule has 5 heavy (non-hydrogen) atoms. The van der Waals surface area contributed by atoms with E-state index in [0.29, 0.717) is 0 Å². The summed E-state index contributed by atoms with van der Waals surface area (Å²) in [5, 5.41) is 3.40. The summed E-state index contributed by atoms with van der Waals surface area (Å²) in [4.78, 5) is 9.78. The van der Waals surface area contributed by atoms with Crippen LogP contribution < -0.4 is 0 Å². The minimum atomic E-state index is -0.0139. The van der Waals surface area contributed by atoms with Crippen LogP contribution in [0.5, 0.6) is 0 Å². The molecule has 0 aliphatic rings. The molecule has 0 aromatic rings. The zero-order valence-electron chi connectivity index (χ0n) is 3.02. The number of carbonyl (C=O) groups is 1. The van der Waals surface area contributed by atoms with Crippen LogP contribution in [0.1, 0.15) is 6.92 Å². The topological polar surface area (TPSA) is 17.1 Å². The molecule has 0 bridgehead atoms. The molecule has 0 radical (unpaired) electrons. The van der Waals surface area contributed by atoms with Gasteiger partial charge in [0.05, 0.1) is 0 Å². The Morgan fingerprint density at radius 2 is 2.20 bits per heavy atom. The van der Waals surface area contributed by atoms with Crippen LogP contribution in [0, 0.1) is 0 Å². The molecule has 0 aromatic carbocycles. The van der Waals surface area contributed by atoms with Gasteiger partial charge in [0.1, 0.15) is 0 Å². The number of hydrogen-bond acceptors (Lipinski definition) is 1. The summed E-state index contributed by atoms with van der Waals surface area (Å²) in [6.07, 6.45) is 0. The monoisotopic (exact) mass is 109 g/mol. The quantitative estimate of drug-likeness (QED) is 0.465. The molecule has 0 saturated carbocycles. The molecule has 0 heterocycles. The van der Waals surface area contributed by atoms with Crippen molar-refractivity contribution in [3.05, 3.63) is 0 Å². The molecule has 0 rings (SSSR count). The van der Waals surface area contributed by atoms with Gasteiger partial charge in [-0.15, -0.1) is 0 Å². The number of hydrogen-bond donors (Lipinski definition) is 0. The van der Waals surface area contributed by atoms with Gasteiger partial charge in [-0.05, 0) is 0 Å². The predicted octanol–water partition coefficient (Wildman–Crippen LogP) is 0.0474. The van der Waals surface area contributed by atoms with Crippen LogP contribution in [-0.2, 0) is 19.6 Å². The summed E-state index contributed by atoms with van der Waals surface area (Å²) in [6.45, 7) is 1.55. The van der Waals surface area contributed by atoms with Crippen LogP contribution in [0.3, 0.4) is 0 Å². The van der Waals surface area contributed by atoms with E-state index in [0.717, 1.165) is 0 Å². The first kappa shape index (κ1) is 5.07. The minimum absolute atomic E-state index is 0.0139. The van der Waals surface area contributed by atoms with Crippen molar-refractivity contribution in [3.8, 4) is 0 Å². The number of rotatable bonds is 1. The second-order valence-electron chi connectivity index (χ2n) is 0.636. The second-order valence-corrected chi connectivity index (χ2v) is 1.98. The molecule has 0 unspecified atom stereocenters. The van der Waals surface area contributed by atoms with E-state index in [-0.39, 0.29) is 19.4 Å². The average molecular weight is 109 g/mol. The molecule has 0 atom stereocenters. The van der Waals surface area contributed by atoms with E-state index in [1.165, 1.54) is 0 Å². The van der Waals surface area contributed by atoms with Gasteiger partial charge < -0.3 is 0 Å². The van der Waals surface area contributed by atoms with E-state index in [1.54, 1.807) is 6.92 Å². The zero-order chi connectivity index (χ0) is 4.28. The van der Waals surface area contributed by atoms with Gasteiger partial charge in [-0.3, -0.25) is 0 Å². The molecule has 0 aliphatic heterocycles. The van der Waals surface area contributed by atoms with E-state index in [4.69, 9.17) is 0 Å². The first-order valence-electron chi connectivity index (χ1n) is 1.20. The molecule has 0 aromatic heterocycles. The summed E-state index contributed by atoms with van der Waals surface area (Å²) in [5.41, 5.74) is 0. The molecule has 0 fully saturated rings. The Morgan fingerprint density at radius 3 is 2.20 bits per heavy atom. The van der Waals surface area contributed by atoms with Crippen LogP contribution in [0.25, 0.3) is 0 Å². The van der Waals surface area contributed by atoms with Crippen molar-refractivity contribution in [2.45, 2.75) is 6.92 Å². The van der Waals surface area contributed by atoms with Crippen LogP contribution in [0.15, 0.2) is 0 Å². The Morgan fingerprint density at radius 1 is 2.00 bits per heavy atom. The van der Waals surface area contributed by atoms with Crippen molar-refractivity contribution in [1.82, 2.24) is 0 Å². The van der Waals surface area contributed by atoms with Crippen molar-refractivity contribution < 1.29 is 19.6 Å². The summed E-state index contributed by atoms with van der Waals surface area (Å²) in [5.74, 6) is 0. The SMILES string of the molecule is [CH2]=[Cr][C](C)=O. The van der Waals surface area contributed by atoms with Crippen molar-refractivity contribution in [2.24, 2.45) is 0 Å². The maximum atomic E-state index is 9.78. The van der Waals surface area contributed by atoms with Gasteiger partial charge in [0.25, 0.3) is 0 Å². The fourth-order valence-electron chi connectivity index (χ4n) is 0. The van der Waals surface area contributed by atoms with E-state index < -0.39 is 0 Å². The molecule has 0 N–H and O–H groups in total. The third-order valence-corrected chi connectivity index (χ3v) is 0.838. The Labute approximate surface area is 37.2 Å². The van der Waals surface area contributed by atoms with E-state index >= 15 is 0 Å².